The average Bonchev–Trinajstić information content (AvgIpc) is 3.26. The van der Waals surface area contributed by atoms with Crippen molar-refractivity contribution in [3.8, 4) is 5.69 Å². The molecule has 0 bridgehead atoms. The highest BCUT2D eigenvalue weighted by Gasteiger charge is 2.21. The molecule has 1 aromatic carbocycles. The van der Waals surface area contributed by atoms with E-state index in [0.29, 0.717) is 6.42 Å². The summed E-state index contributed by atoms with van der Waals surface area (Å²) in [6.07, 6.45) is 5.69. The summed E-state index contributed by atoms with van der Waals surface area (Å²) < 4.78 is 34.3. The Balaban J connectivity index is 1.58. The zero-order valence-electron chi connectivity index (χ0n) is 13.6. The number of ether oxygens (including phenoxy) is 1. The molecule has 0 unspecified atom stereocenters. The summed E-state index contributed by atoms with van der Waals surface area (Å²) in [5, 5.41) is 4.06. The van der Waals surface area contributed by atoms with Gasteiger partial charge in [-0.3, -0.25) is 0 Å². The number of benzene rings is 1. The van der Waals surface area contributed by atoms with Crippen LogP contribution in [0.5, 0.6) is 0 Å². The van der Waals surface area contributed by atoms with Gasteiger partial charge < -0.3 is 4.74 Å². The minimum Gasteiger partial charge on any atom is -0.378 e. The molecule has 1 saturated heterocycles. The lowest BCUT2D eigenvalue weighted by Crippen LogP contribution is -2.30. The van der Waals surface area contributed by atoms with Crippen LogP contribution in [0.25, 0.3) is 5.69 Å². The fourth-order valence-corrected chi connectivity index (χ4v) is 4.18. The van der Waals surface area contributed by atoms with Crippen LogP contribution in [0.15, 0.2) is 36.9 Å². The first kappa shape index (κ1) is 17.1. The highest BCUT2D eigenvalue weighted by Crippen LogP contribution is 2.18. The van der Waals surface area contributed by atoms with Gasteiger partial charge >= 0.3 is 0 Å². The molecule has 3 rings (SSSR count). The lowest BCUT2D eigenvalue weighted by atomic mass is 10.1. The molecule has 0 spiro atoms. The van der Waals surface area contributed by atoms with Crippen molar-refractivity contribution in [3.05, 3.63) is 42.5 Å². The van der Waals surface area contributed by atoms with Crippen LogP contribution in [0.4, 0.5) is 0 Å². The molecule has 24 heavy (non-hydrogen) atoms. The second-order valence-corrected chi connectivity index (χ2v) is 7.89. The summed E-state index contributed by atoms with van der Waals surface area (Å²) in [4.78, 5) is 3.91. The van der Waals surface area contributed by atoms with Crippen LogP contribution in [0.2, 0.25) is 0 Å². The van der Waals surface area contributed by atoms with Crippen LogP contribution in [0.3, 0.4) is 0 Å². The molecule has 0 amide bonds. The summed E-state index contributed by atoms with van der Waals surface area (Å²) in [5.74, 6) is 0.0963. The Labute approximate surface area is 142 Å². The maximum absolute atomic E-state index is 12.2. The second-order valence-electron chi connectivity index (χ2n) is 6.01. The highest BCUT2D eigenvalue weighted by molar-refractivity contribution is 7.89. The van der Waals surface area contributed by atoms with E-state index < -0.39 is 10.0 Å². The summed E-state index contributed by atoms with van der Waals surface area (Å²) >= 11 is 0. The SMILES string of the molecule is C[C@H](NS(=O)(=O)CC[C@@H]1CCCO1)c1ccc(-n2cncn2)cc1. The Hall–Kier alpha value is -1.77. The van der Waals surface area contributed by atoms with Crippen molar-refractivity contribution in [2.24, 2.45) is 0 Å². The first-order valence-electron chi connectivity index (χ1n) is 8.10. The van der Waals surface area contributed by atoms with Crippen molar-refractivity contribution in [3.63, 3.8) is 0 Å². The summed E-state index contributed by atoms with van der Waals surface area (Å²) in [5.41, 5.74) is 1.78. The molecule has 1 N–H and O–H groups in total. The summed E-state index contributed by atoms with van der Waals surface area (Å²) in [7, 11) is -3.33. The molecule has 2 atom stereocenters. The Bertz CT molecular complexity index is 738. The van der Waals surface area contributed by atoms with E-state index >= 15 is 0 Å². The number of hydrogen-bond donors (Lipinski definition) is 1. The fourth-order valence-electron chi connectivity index (χ4n) is 2.81. The van der Waals surface area contributed by atoms with Gasteiger partial charge in [0.05, 0.1) is 17.5 Å². The van der Waals surface area contributed by atoms with E-state index in [4.69, 9.17) is 4.74 Å². The van der Waals surface area contributed by atoms with Gasteiger partial charge in [-0.1, -0.05) is 12.1 Å². The van der Waals surface area contributed by atoms with E-state index in [2.05, 4.69) is 14.8 Å². The third-order valence-corrected chi connectivity index (χ3v) is 5.65. The van der Waals surface area contributed by atoms with E-state index in [1.807, 2.05) is 31.2 Å². The largest absolute Gasteiger partial charge is 0.378 e. The maximum Gasteiger partial charge on any atom is 0.212 e. The van der Waals surface area contributed by atoms with Crippen LogP contribution < -0.4 is 4.72 Å². The number of hydrogen-bond acceptors (Lipinski definition) is 5. The summed E-state index contributed by atoms with van der Waals surface area (Å²) in [6, 6.07) is 7.28. The molecular weight excluding hydrogens is 328 g/mol. The first-order chi connectivity index (χ1) is 11.5. The molecule has 0 radical (unpaired) electrons. The molecule has 130 valence electrons. The molecule has 1 aliphatic rings. The average molecular weight is 350 g/mol. The Morgan fingerprint density at radius 3 is 2.79 bits per heavy atom. The van der Waals surface area contributed by atoms with Crippen molar-refractivity contribution in [1.29, 1.82) is 0 Å². The molecular formula is C16H22N4O3S. The summed E-state index contributed by atoms with van der Waals surface area (Å²) in [6.45, 7) is 2.58. The van der Waals surface area contributed by atoms with Crippen molar-refractivity contribution in [2.45, 2.75) is 38.3 Å². The number of aromatic nitrogens is 3. The zero-order valence-corrected chi connectivity index (χ0v) is 14.4. The molecule has 7 nitrogen and oxygen atoms in total. The van der Waals surface area contributed by atoms with E-state index in [9.17, 15) is 8.42 Å². The van der Waals surface area contributed by atoms with Gasteiger partial charge in [0.2, 0.25) is 10.0 Å². The molecule has 0 saturated carbocycles. The number of nitrogens with one attached hydrogen (secondary N) is 1. The van der Waals surface area contributed by atoms with Gasteiger partial charge in [-0.15, -0.1) is 0 Å². The van der Waals surface area contributed by atoms with Crippen molar-refractivity contribution in [1.82, 2.24) is 19.5 Å². The standard InChI is InChI=1S/C16H22N4O3S/c1-13(19-24(21,22)10-8-16-3-2-9-23-16)14-4-6-15(7-5-14)20-12-17-11-18-20/h4-7,11-13,16,19H,2-3,8-10H2,1H3/t13-,16-/m0/s1. The van der Waals surface area contributed by atoms with E-state index in [0.717, 1.165) is 30.7 Å². The molecule has 1 fully saturated rings. The van der Waals surface area contributed by atoms with E-state index in [-0.39, 0.29) is 17.9 Å². The first-order valence-corrected chi connectivity index (χ1v) is 9.75. The van der Waals surface area contributed by atoms with Crippen LogP contribution in [0.1, 0.15) is 37.8 Å². The number of rotatable bonds is 7. The van der Waals surface area contributed by atoms with Crippen molar-refractivity contribution in [2.75, 3.05) is 12.4 Å². The smallest absolute Gasteiger partial charge is 0.212 e. The molecule has 1 aliphatic heterocycles. The van der Waals surface area contributed by atoms with Crippen molar-refractivity contribution >= 4 is 10.0 Å². The molecule has 2 heterocycles. The lowest BCUT2D eigenvalue weighted by molar-refractivity contribution is 0.108. The number of sulfonamides is 1. The third kappa shape index (κ3) is 4.40. The molecule has 2 aromatic rings. The Kier molecular flexibility index (Phi) is 5.27. The predicted octanol–water partition coefficient (Wildman–Crippen LogP) is 1.82. The van der Waals surface area contributed by atoms with Crippen LogP contribution in [0, 0.1) is 0 Å². The Morgan fingerprint density at radius 1 is 1.38 bits per heavy atom. The van der Waals surface area contributed by atoms with Gasteiger partial charge in [-0.2, -0.15) is 5.10 Å². The van der Waals surface area contributed by atoms with E-state index in [1.54, 1.807) is 11.0 Å². The zero-order chi connectivity index (χ0) is 17.0. The van der Waals surface area contributed by atoms with Gasteiger partial charge in [0.25, 0.3) is 0 Å². The Morgan fingerprint density at radius 2 is 2.17 bits per heavy atom. The minimum atomic E-state index is -3.33. The number of nitrogens with zero attached hydrogens (tertiary/aromatic N) is 3. The quantitative estimate of drug-likeness (QED) is 0.823. The van der Waals surface area contributed by atoms with Gasteiger partial charge in [0.1, 0.15) is 12.7 Å². The third-order valence-electron chi connectivity index (χ3n) is 4.17. The minimum absolute atomic E-state index is 0.0823. The van der Waals surface area contributed by atoms with Gasteiger partial charge in [0, 0.05) is 12.6 Å². The highest BCUT2D eigenvalue weighted by atomic mass is 32.2. The van der Waals surface area contributed by atoms with Gasteiger partial charge in [-0.05, 0) is 43.9 Å². The van der Waals surface area contributed by atoms with Gasteiger partial charge in [0.15, 0.2) is 0 Å². The fraction of sp³-hybridized carbons (Fsp3) is 0.500. The van der Waals surface area contributed by atoms with Crippen LogP contribution in [-0.4, -0.2) is 41.6 Å². The van der Waals surface area contributed by atoms with E-state index in [1.165, 1.54) is 6.33 Å². The predicted molar refractivity (Wildman–Crippen MR) is 90.3 cm³/mol. The maximum atomic E-state index is 12.2. The van der Waals surface area contributed by atoms with Crippen LogP contribution in [-0.2, 0) is 14.8 Å². The normalized spacial score (nSPS) is 19.5. The molecule has 0 aliphatic carbocycles. The topological polar surface area (TPSA) is 86.1 Å². The van der Waals surface area contributed by atoms with Crippen LogP contribution >= 0.6 is 0 Å². The lowest BCUT2D eigenvalue weighted by Gasteiger charge is -2.16. The van der Waals surface area contributed by atoms with Gasteiger partial charge in [-0.25, -0.2) is 22.8 Å². The molecule has 8 heteroatoms. The monoisotopic (exact) mass is 350 g/mol. The van der Waals surface area contributed by atoms with Crippen molar-refractivity contribution < 1.29 is 13.2 Å². The second kappa shape index (κ2) is 7.42. The molecule has 1 aromatic heterocycles.